The number of benzene rings is 1. The first-order valence-corrected chi connectivity index (χ1v) is 7.25. The summed E-state index contributed by atoms with van der Waals surface area (Å²) >= 11 is 0. The molecule has 0 spiro atoms. The molecule has 2 aromatic rings. The summed E-state index contributed by atoms with van der Waals surface area (Å²) in [6.07, 6.45) is 1.14. The zero-order valence-electron chi connectivity index (χ0n) is 11.5. The molecule has 3 unspecified atom stereocenters. The highest BCUT2D eigenvalue weighted by Gasteiger charge is 2.30. The van der Waals surface area contributed by atoms with Gasteiger partial charge in [0.05, 0.1) is 24.7 Å². The smallest absolute Gasteiger partial charge is 0.243 e. The maximum Gasteiger partial charge on any atom is 0.243 e. The molecule has 0 aliphatic carbocycles. The van der Waals surface area contributed by atoms with Crippen molar-refractivity contribution in [1.29, 1.82) is 0 Å². The van der Waals surface area contributed by atoms with Gasteiger partial charge in [0.1, 0.15) is 5.75 Å². The van der Waals surface area contributed by atoms with Crippen LogP contribution in [0.2, 0.25) is 0 Å². The molecule has 1 aromatic carbocycles. The summed E-state index contributed by atoms with van der Waals surface area (Å²) in [5.41, 5.74) is 1.18. The topological polar surface area (TPSA) is 80.4 Å². The predicted octanol–water partition coefficient (Wildman–Crippen LogP) is 1.18. The van der Waals surface area contributed by atoms with Gasteiger partial charge >= 0.3 is 0 Å². The minimum Gasteiger partial charge on any atom is -0.493 e. The van der Waals surface area contributed by atoms with Crippen molar-refractivity contribution in [3.05, 3.63) is 41.5 Å². The van der Waals surface area contributed by atoms with Gasteiger partial charge in [-0.1, -0.05) is 23.4 Å². The molecule has 21 heavy (non-hydrogen) atoms. The number of ether oxygens (including phenoxy) is 1. The van der Waals surface area contributed by atoms with Crippen molar-refractivity contribution in [3.8, 4) is 5.75 Å². The van der Waals surface area contributed by atoms with E-state index in [2.05, 4.69) is 21.5 Å². The zero-order chi connectivity index (χ0) is 14.2. The number of rotatable bonds is 2. The van der Waals surface area contributed by atoms with E-state index < -0.39 is 0 Å². The molecule has 110 valence electrons. The maximum atomic E-state index is 9.55. The van der Waals surface area contributed by atoms with Crippen LogP contribution in [0.5, 0.6) is 5.75 Å². The average Bonchev–Trinajstić information content (AvgIpc) is 3.15. The van der Waals surface area contributed by atoms with Gasteiger partial charge in [0, 0.05) is 6.54 Å². The van der Waals surface area contributed by atoms with Crippen LogP contribution in [-0.4, -0.2) is 34.5 Å². The largest absolute Gasteiger partial charge is 0.493 e. The summed E-state index contributed by atoms with van der Waals surface area (Å²) < 4.78 is 11.1. The second-order valence-electron chi connectivity index (χ2n) is 5.66. The quantitative estimate of drug-likeness (QED) is 0.863. The lowest BCUT2D eigenvalue weighted by molar-refractivity contribution is 0.191. The molecule has 4 rings (SSSR count). The monoisotopic (exact) mass is 287 g/mol. The number of para-hydroxylation sites is 1. The van der Waals surface area contributed by atoms with E-state index in [-0.39, 0.29) is 18.1 Å². The van der Waals surface area contributed by atoms with E-state index in [0.717, 1.165) is 12.2 Å². The molecule has 1 saturated heterocycles. The number of aliphatic hydroxyl groups is 1. The number of nitrogens with one attached hydrogen (secondary N) is 1. The van der Waals surface area contributed by atoms with E-state index in [9.17, 15) is 5.11 Å². The van der Waals surface area contributed by atoms with Gasteiger partial charge < -0.3 is 19.7 Å². The van der Waals surface area contributed by atoms with E-state index in [0.29, 0.717) is 31.3 Å². The Bertz CT molecular complexity index is 643. The molecule has 1 fully saturated rings. The highest BCUT2D eigenvalue weighted by molar-refractivity contribution is 5.36. The fourth-order valence-electron chi connectivity index (χ4n) is 2.95. The third-order valence-corrected chi connectivity index (χ3v) is 4.11. The van der Waals surface area contributed by atoms with Gasteiger partial charge in [-0.15, -0.1) is 0 Å². The first kappa shape index (κ1) is 12.8. The SMILES string of the molecule is OC1CNC(c2nc(C3COc4ccccc4C3)no2)C1. The number of fused-ring (bicyclic) bond motifs is 1. The number of β-amino-alcohol motifs (C(OH)–C–C–N with tert-alkyl or cyclic N) is 1. The molecule has 2 aliphatic heterocycles. The van der Waals surface area contributed by atoms with Crippen LogP contribution in [0, 0.1) is 0 Å². The molecule has 3 heterocycles. The number of aromatic nitrogens is 2. The summed E-state index contributed by atoms with van der Waals surface area (Å²) in [6.45, 7) is 1.14. The molecule has 0 bridgehead atoms. The van der Waals surface area contributed by atoms with Crippen molar-refractivity contribution in [2.45, 2.75) is 30.9 Å². The van der Waals surface area contributed by atoms with Crippen molar-refractivity contribution >= 4 is 0 Å². The van der Waals surface area contributed by atoms with Crippen LogP contribution in [0.1, 0.15) is 35.7 Å². The summed E-state index contributed by atoms with van der Waals surface area (Å²) in [7, 11) is 0. The summed E-state index contributed by atoms with van der Waals surface area (Å²) in [5.74, 6) is 2.30. The van der Waals surface area contributed by atoms with Crippen LogP contribution in [0.3, 0.4) is 0 Å². The van der Waals surface area contributed by atoms with E-state index >= 15 is 0 Å². The van der Waals surface area contributed by atoms with E-state index in [1.165, 1.54) is 5.56 Å². The Balaban J connectivity index is 1.52. The van der Waals surface area contributed by atoms with E-state index in [1.807, 2.05) is 18.2 Å². The number of aliphatic hydroxyl groups excluding tert-OH is 1. The van der Waals surface area contributed by atoms with Crippen LogP contribution in [0.4, 0.5) is 0 Å². The van der Waals surface area contributed by atoms with E-state index in [4.69, 9.17) is 9.26 Å². The Labute approximate surface area is 122 Å². The Morgan fingerprint density at radius 2 is 2.19 bits per heavy atom. The summed E-state index contributed by atoms with van der Waals surface area (Å²) in [4.78, 5) is 4.49. The normalized spacial score (nSPS) is 28.1. The molecule has 0 radical (unpaired) electrons. The minimum absolute atomic E-state index is 0.0435. The molecule has 0 amide bonds. The lowest BCUT2D eigenvalue weighted by atomic mass is 9.96. The number of nitrogens with zero attached hydrogens (tertiary/aromatic N) is 2. The fourth-order valence-corrected chi connectivity index (χ4v) is 2.95. The summed E-state index contributed by atoms with van der Waals surface area (Å²) in [5, 5.41) is 16.8. The molecular formula is C15H17N3O3. The first-order valence-electron chi connectivity index (χ1n) is 7.25. The van der Waals surface area contributed by atoms with Gasteiger partial charge in [0.2, 0.25) is 5.89 Å². The maximum absolute atomic E-state index is 9.55. The highest BCUT2D eigenvalue weighted by Crippen LogP contribution is 2.32. The second kappa shape index (κ2) is 5.13. The van der Waals surface area contributed by atoms with Gasteiger partial charge in [-0.3, -0.25) is 0 Å². The van der Waals surface area contributed by atoms with Crippen LogP contribution in [-0.2, 0) is 6.42 Å². The standard InChI is InChI=1S/C15H17N3O3/c19-11-6-12(16-7-11)15-17-14(18-21-15)10-5-9-3-1-2-4-13(9)20-8-10/h1-4,10-12,16,19H,5-8H2. The van der Waals surface area contributed by atoms with Gasteiger partial charge in [-0.2, -0.15) is 4.98 Å². The van der Waals surface area contributed by atoms with Gasteiger partial charge in [-0.25, -0.2) is 0 Å². The highest BCUT2D eigenvalue weighted by atomic mass is 16.5. The molecule has 0 saturated carbocycles. The van der Waals surface area contributed by atoms with Crippen molar-refractivity contribution in [2.75, 3.05) is 13.2 Å². The molecule has 2 aliphatic rings. The lowest BCUT2D eigenvalue weighted by Gasteiger charge is -2.22. The fraction of sp³-hybridized carbons (Fsp3) is 0.467. The molecule has 6 nitrogen and oxygen atoms in total. The molecule has 3 atom stereocenters. The van der Waals surface area contributed by atoms with Crippen LogP contribution in [0.25, 0.3) is 0 Å². The van der Waals surface area contributed by atoms with Crippen LogP contribution in [0.15, 0.2) is 28.8 Å². The van der Waals surface area contributed by atoms with Crippen LogP contribution < -0.4 is 10.1 Å². The van der Waals surface area contributed by atoms with Crippen molar-refractivity contribution in [2.24, 2.45) is 0 Å². The second-order valence-corrected chi connectivity index (χ2v) is 5.66. The Hall–Kier alpha value is -1.92. The number of hydrogen-bond donors (Lipinski definition) is 2. The Morgan fingerprint density at radius 1 is 1.29 bits per heavy atom. The van der Waals surface area contributed by atoms with Crippen LogP contribution >= 0.6 is 0 Å². The summed E-state index contributed by atoms with van der Waals surface area (Å²) in [6, 6.07) is 7.99. The van der Waals surface area contributed by atoms with Crippen molar-refractivity contribution in [3.63, 3.8) is 0 Å². The van der Waals surface area contributed by atoms with Gasteiger partial charge in [0.25, 0.3) is 0 Å². The average molecular weight is 287 g/mol. The van der Waals surface area contributed by atoms with Crippen molar-refractivity contribution < 1.29 is 14.4 Å². The molecule has 6 heteroatoms. The minimum atomic E-state index is -0.338. The third kappa shape index (κ3) is 2.41. The Morgan fingerprint density at radius 3 is 3.05 bits per heavy atom. The molecular weight excluding hydrogens is 270 g/mol. The predicted molar refractivity (Wildman–Crippen MR) is 74.0 cm³/mol. The van der Waals surface area contributed by atoms with Crippen molar-refractivity contribution in [1.82, 2.24) is 15.5 Å². The molecule has 2 N–H and O–H groups in total. The zero-order valence-corrected chi connectivity index (χ0v) is 11.5. The van der Waals surface area contributed by atoms with E-state index in [1.54, 1.807) is 0 Å². The lowest BCUT2D eigenvalue weighted by Crippen LogP contribution is -2.20. The van der Waals surface area contributed by atoms with Gasteiger partial charge in [-0.05, 0) is 24.5 Å². The third-order valence-electron chi connectivity index (χ3n) is 4.11. The van der Waals surface area contributed by atoms with Gasteiger partial charge in [0.15, 0.2) is 5.82 Å². The number of hydrogen-bond acceptors (Lipinski definition) is 6. The first-order chi connectivity index (χ1) is 10.3. The Kier molecular flexibility index (Phi) is 3.12. The molecule has 1 aromatic heterocycles.